The molecule has 6 nitrogen and oxygen atoms in total. The summed E-state index contributed by atoms with van der Waals surface area (Å²) in [5, 5.41) is 21.0. The third-order valence-corrected chi connectivity index (χ3v) is 5.43. The van der Waals surface area contributed by atoms with Gasteiger partial charge in [0.15, 0.2) is 0 Å². The molecule has 2 aliphatic heterocycles. The van der Waals surface area contributed by atoms with Crippen molar-refractivity contribution < 1.29 is 19.8 Å². The average Bonchev–Trinajstić information content (AvgIpc) is 2.99. The number of carboxylic acid groups (broad SMARTS) is 1. The van der Waals surface area contributed by atoms with E-state index in [0.29, 0.717) is 16.9 Å². The van der Waals surface area contributed by atoms with Crippen LogP contribution in [0.4, 0.5) is 0 Å². The van der Waals surface area contributed by atoms with E-state index < -0.39 is 18.0 Å². The summed E-state index contributed by atoms with van der Waals surface area (Å²) >= 11 is 6.26. The Hall–Kier alpha value is -1.77. The van der Waals surface area contributed by atoms with Crippen LogP contribution in [0.3, 0.4) is 0 Å². The highest BCUT2D eigenvalue weighted by molar-refractivity contribution is 7.81. The van der Waals surface area contributed by atoms with Crippen molar-refractivity contribution in [1.29, 1.82) is 0 Å². The monoisotopic (exact) mass is 338 g/mol. The summed E-state index contributed by atoms with van der Waals surface area (Å²) in [6, 6.07) is 1.46. The Kier molecular flexibility index (Phi) is 3.54. The summed E-state index contributed by atoms with van der Waals surface area (Å²) in [5.41, 5.74) is 6.89. The van der Waals surface area contributed by atoms with Gasteiger partial charge in [0, 0.05) is 0 Å². The predicted molar refractivity (Wildman–Crippen MR) is 85.2 cm³/mol. The number of carbonyl (C=O) groups excluding carboxylic acids is 1. The van der Waals surface area contributed by atoms with Crippen LogP contribution in [0.25, 0.3) is 5.57 Å². The first-order valence-corrected chi connectivity index (χ1v) is 7.98. The van der Waals surface area contributed by atoms with Gasteiger partial charge in [-0.25, -0.2) is 4.79 Å². The minimum absolute atomic E-state index is 0.000750. The zero-order chi connectivity index (χ0) is 16.2. The molecule has 1 amide bonds. The van der Waals surface area contributed by atoms with Gasteiger partial charge in [0.05, 0.1) is 22.9 Å². The smallest absolute Gasteiger partial charge is 0.352 e. The number of hydrogen-bond donors (Lipinski definition) is 3. The first kappa shape index (κ1) is 15.1. The van der Waals surface area contributed by atoms with E-state index in [1.165, 1.54) is 16.2 Å². The maximum Gasteiger partial charge on any atom is 0.352 e. The number of thiocarbonyl (C=S) groups is 1. The largest absolute Gasteiger partial charge is 0.477 e. The van der Waals surface area contributed by atoms with Gasteiger partial charge in [-0.05, 0) is 35.9 Å². The molecule has 116 valence electrons. The maximum atomic E-state index is 12.1. The second-order valence-electron chi connectivity index (χ2n) is 5.44. The molecule has 1 aromatic heterocycles. The normalized spacial score (nSPS) is 25.0. The highest BCUT2D eigenvalue weighted by Gasteiger charge is 2.56. The van der Waals surface area contributed by atoms with Gasteiger partial charge in [-0.3, -0.25) is 4.79 Å². The lowest BCUT2D eigenvalue weighted by Crippen LogP contribution is -2.61. The van der Waals surface area contributed by atoms with Crippen LogP contribution in [0.2, 0.25) is 0 Å². The average molecular weight is 338 g/mol. The number of thiophene rings is 1. The van der Waals surface area contributed by atoms with Crippen LogP contribution in [0.15, 0.2) is 17.1 Å². The fraction of sp³-hybridized carbons (Fsp3) is 0.357. The minimum atomic E-state index is -1.14. The van der Waals surface area contributed by atoms with E-state index in [0.717, 1.165) is 5.56 Å². The number of aliphatic hydroxyl groups excluding tert-OH is 1. The number of hydrogen-bond acceptors (Lipinski definition) is 5. The third-order valence-electron chi connectivity index (χ3n) is 4.12. The van der Waals surface area contributed by atoms with Gasteiger partial charge in [-0.1, -0.05) is 12.2 Å². The topological polar surface area (TPSA) is 104 Å². The molecule has 0 saturated carbocycles. The van der Waals surface area contributed by atoms with E-state index in [2.05, 4.69) is 0 Å². The second kappa shape index (κ2) is 5.15. The number of carbonyl (C=O) groups is 2. The van der Waals surface area contributed by atoms with Crippen LogP contribution < -0.4 is 5.73 Å². The van der Waals surface area contributed by atoms with E-state index in [9.17, 15) is 19.8 Å². The number of aliphatic carboxylic acids is 1. The Labute approximate surface area is 135 Å². The van der Waals surface area contributed by atoms with E-state index >= 15 is 0 Å². The Morgan fingerprint density at radius 2 is 2.27 bits per heavy atom. The number of β-lactam (4-membered cyclic amide) rings is 1. The zero-order valence-electron chi connectivity index (χ0n) is 11.6. The van der Waals surface area contributed by atoms with Gasteiger partial charge in [0.2, 0.25) is 5.91 Å². The summed E-state index contributed by atoms with van der Waals surface area (Å²) < 4.78 is 0. The Morgan fingerprint density at radius 3 is 2.77 bits per heavy atom. The lowest BCUT2D eigenvalue weighted by atomic mass is 9.82. The van der Waals surface area contributed by atoms with Crippen LogP contribution in [-0.2, 0) is 9.59 Å². The highest BCUT2D eigenvalue weighted by atomic mass is 32.1. The zero-order valence-corrected chi connectivity index (χ0v) is 13.3. The SMILES string of the molecule is CC(O)C1C(=O)N2C(C(=O)O)=C(c3csc(C(N)=S)c3)CC12. The fourth-order valence-corrected chi connectivity index (χ4v) is 4.13. The molecule has 3 unspecified atom stereocenters. The Bertz CT molecular complexity index is 722. The molecule has 22 heavy (non-hydrogen) atoms. The standard InChI is InChI=1S/C14H14N2O4S2/c1-5(17)10-8-3-7(6-2-9(12(15)21)22-4-6)11(14(19)20)16(8)13(10)18/h2,4-5,8,10,17H,3H2,1H3,(H2,15,21)(H,19,20). The van der Waals surface area contributed by atoms with Gasteiger partial charge >= 0.3 is 5.97 Å². The molecule has 4 N–H and O–H groups in total. The Morgan fingerprint density at radius 1 is 1.59 bits per heavy atom. The van der Waals surface area contributed by atoms with Crippen molar-refractivity contribution in [3.05, 3.63) is 27.6 Å². The molecule has 2 aliphatic rings. The summed E-state index contributed by atoms with van der Waals surface area (Å²) in [7, 11) is 0. The number of fused-ring (bicyclic) bond motifs is 1. The van der Waals surface area contributed by atoms with Gasteiger partial charge in [0.25, 0.3) is 0 Å². The number of aliphatic hydroxyl groups is 1. The van der Waals surface area contributed by atoms with Crippen LogP contribution in [0.5, 0.6) is 0 Å². The van der Waals surface area contributed by atoms with Gasteiger partial charge < -0.3 is 20.8 Å². The van der Waals surface area contributed by atoms with Crippen LogP contribution >= 0.6 is 23.6 Å². The molecule has 0 spiro atoms. The molecule has 0 aromatic carbocycles. The molecule has 0 radical (unpaired) electrons. The summed E-state index contributed by atoms with van der Waals surface area (Å²) in [5.74, 6) is -2.02. The van der Waals surface area contributed by atoms with Crippen molar-refractivity contribution in [1.82, 2.24) is 4.90 Å². The van der Waals surface area contributed by atoms with Crippen molar-refractivity contribution >= 4 is 46.0 Å². The minimum Gasteiger partial charge on any atom is -0.477 e. The van der Waals surface area contributed by atoms with Crippen molar-refractivity contribution in [3.8, 4) is 0 Å². The first-order chi connectivity index (χ1) is 10.3. The quantitative estimate of drug-likeness (QED) is 0.554. The van der Waals surface area contributed by atoms with Crippen LogP contribution in [-0.4, -0.2) is 44.1 Å². The predicted octanol–water partition coefficient (Wildman–Crippen LogP) is 0.789. The molecule has 8 heteroatoms. The fourth-order valence-electron chi connectivity index (χ4n) is 3.15. The maximum absolute atomic E-state index is 12.1. The first-order valence-electron chi connectivity index (χ1n) is 6.69. The summed E-state index contributed by atoms with van der Waals surface area (Å²) in [6.07, 6.45) is -0.381. The number of carboxylic acids is 1. The molecule has 3 atom stereocenters. The van der Waals surface area contributed by atoms with E-state index in [1.54, 1.807) is 18.4 Å². The molecule has 1 saturated heterocycles. The molecule has 3 heterocycles. The highest BCUT2D eigenvalue weighted by Crippen LogP contribution is 2.47. The second-order valence-corrected chi connectivity index (χ2v) is 6.79. The van der Waals surface area contributed by atoms with E-state index in [-0.39, 0.29) is 22.6 Å². The van der Waals surface area contributed by atoms with Gasteiger partial charge in [-0.2, -0.15) is 0 Å². The number of amides is 1. The van der Waals surface area contributed by atoms with Crippen LogP contribution in [0, 0.1) is 5.92 Å². The van der Waals surface area contributed by atoms with Crippen molar-refractivity contribution in [2.75, 3.05) is 0 Å². The number of nitrogens with zero attached hydrogens (tertiary/aromatic N) is 1. The third kappa shape index (κ3) is 2.06. The molecular weight excluding hydrogens is 324 g/mol. The molecule has 1 aromatic rings. The molecule has 0 aliphatic carbocycles. The number of nitrogens with two attached hydrogens (primary N) is 1. The molecule has 1 fully saturated rings. The molecule has 0 bridgehead atoms. The molecule has 3 rings (SSSR count). The van der Waals surface area contributed by atoms with E-state index in [1.807, 2.05) is 0 Å². The lowest BCUT2D eigenvalue weighted by molar-refractivity contribution is -0.161. The van der Waals surface area contributed by atoms with Crippen molar-refractivity contribution in [2.24, 2.45) is 11.7 Å². The van der Waals surface area contributed by atoms with Gasteiger partial charge in [0.1, 0.15) is 10.7 Å². The summed E-state index contributed by atoms with van der Waals surface area (Å²) in [6.45, 7) is 1.55. The lowest BCUT2D eigenvalue weighted by Gasteiger charge is -2.44. The van der Waals surface area contributed by atoms with Crippen molar-refractivity contribution in [3.63, 3.8) is 0 Å². The van der Waals surface area contributed by atoms with Crippen LogP contribution in [0.1, 0.15) is 23.8 Å². The van der Waals surface area contributed by atoms with Gasteiger partial charge in [-0.15, -0.1) is 11.3 Å². The molecular formula is C14H14N2O4S2. The number of rotatable bonds is 4. The van der Waals surface area contributed by atoms with Crippen molar-refractivity contribution in [2.45, 2.75) is 25.5 Å². The Balaban J connectivity index is 2.01. The summed E-state index contributed by atoms with van der Waals surface area (Å²) in [4.78, 5) is 25.9. The van der Waals surface area contributed by atoms with E-state index in [4.69, 9.17) is 18.0 Å².